The Morgan fingerprint density at radius 2 is 1.19 bits per heavy atom. The van der Waals surface area contributed by atoms with Crippen LogP contribution in [0.25, 0.3) is 0 Å². The zero-order valence-corrected chi connectivity index (χ0v) is 11.7. The maximum atomic E-state index is 10.8. The highest BCUT2D eigenvalue weighted by Crippen LogP contribution is 2.48. The number of carbonyl (C=O) groups is 1. The van der Waals surface area contributed by atoms with Crippen molar-refractivity contribution in [2.45, 2.75) is 6.92 Å². The van der Waals surface area contributed by atoms with Crippen LogP contribution < -0.4 is 10.9 Å². The Bertz CT molecular complexity index is 406. The van der Waals surface area contributed by atoms with Gasteiger partial charge in [0.1, 0.15) is 10.0 Å². The van der Waals surface area contributed by atoms with Gasteiger partial charge >= 0.3 is 5.97 Å². The van der Waals surface area contributed by atoms with Gasteiger partial charge in [0.15, 0.2) is 5.75 Å². The van der Waals surface area contributed by atoms with E-state index in [9.17, 15) is 4.79 Å². The molecule has 0 fully saturated rings. The number of ether oxygens (including phenoxy) is 1. The Morgan fingerprint density at radius 1 is 0.875 bits per heavy atom. The van der Waals surface area contributed by atoms with Crippen molar-refractivity contribution < 1.29 is 9.53 Å². The monoisotopic (exact) mass is 323 g/mol. The smallest absolute Gasteiger partial charge is 0.308 e. The van der Waals surface area contributed by atoms with E-state index in [4.69, 9.17) is 62.7 Å². The molecular formula is C8H6Cl5NO2. The lowest BCUT2D eigenvalue weighted by Gasteiger charge is -2.10. The second kappa shape index (κ2) is 6.15. The van der Waals surface area contributed by atoms with Gasteiger partial charge in [-0.05, 0) is 0 Å². The van der Waals surface area contributed by atoms with Gasteiger partial charge in [-0.2, -0.15) is 0 Å². The quantitative estimate of drug-likeness (QED) is 0.340. The van der Waals surface area contributed by atoms with Gasteiger partial charge in [-0.25, -0.2) is 0 Å². The topological polar surface area (TPSA) is 61.3 Å². The number of rotatable bonds is 1. The first-order valence-corrected chi connectivity index (χ1v) is 5.45. The first kappa shape index (κ1) is 16.1. The predicted molar refractivity (Wildman–Crippen MR) is 67.8 cm³/mol. The summed E-state index contributed by atoms with van der Waals surface area (Å²) >= 11 is 28.8. The Labute approximate surface area is 117 Å². The minimum absolute atomic E-state index is 0. The molecule has 0 bridgehead atoms. The van der Waals surface area contributed by atoms with Crippen LogP contribution in [0.3, 0.4) is 0 Å². The Kier molecular flexibility index (Phi) is 6.18. The van der Waals surface area contributed by atoms with Gasteiger partial charge in [0.25, 0.3) is 0 Å². The van der Waals surface area contributed by atoms with Crippen LogP contribution in [0.15, 0.2) is 0 Å². The fourth-order valence-electron chi connectivity index (χ4n) is 0.818. The van der Waals surface area contributed by atoms with E-state index in [0.717, 1.165) is 0 Å². The van der Waals surface area contributed by atoms with Gasteiger partial charge in [0.05, 0.1) is 15.1 Å². The van der Waals surface area contributed by atoms with E-state index in [2.05, 4.69) is 0 Å². The third-order valence-electron chi connectivity index (χ3n) is 1.42. The molecule has 0 amide bonds. The number of carbonyl (C=O) groups excluding carboxylic acids is 1. The van der Waals surface area contributed by atoms with Gasteiger partial charge in [0, 0.05) is 6.92 Å². The molecule has 0 heterocycles. The molecule has 1 aromatic carbocycles. The second-order valence-corrected chi connectivity index (χ2v) is 4.38. The highest BCUT2D eigenvalue weighted by molar-refractivity contribution is 6.55. The molecule has 90 valence electrons. The zero-order chi connectivity index (χ0) is 11.7. The predicted octanol–water partition coefficient (Wildman–Crippen LogP) is 5.04. The van der Waals surface area contributed by atoms with Crippen LogP contribution in [-0.2, 0) is 4.79 Å². The first-order valence-electron chi connectivity index (χ1n) is 3.56. The van der Waals surface area contributed by atoms with Gasteiger partial charge in [-0.3, -0.25) is 4.79 Å². The number of hydrogen-bond donors (Lipinski definition) is 1. The summed E-state index contributed by atoms with van der Waals surface area (Å²) in [6, 6.07) is 0. The average molecular weight is 325 g/mol. The van der Waals surface area contributed by atoms with Crippen LogP contribution in [0.1, 0.15) is 6.92 Å². The largest absolute Gasteiger partial charge is 0.423 e. The van der Waals surface area contributed by atoms with Crippen LogP contribution in [0, 0.1) is 0 Å². The second-order valence-electron chi connectivity index (χ2n) is 2.49. The summed E-state index contributed by atoms with van der Waals surface area (Å²) in [6.45, 7) is 1.20. The molecule has 3 nitrogen and oxygen atoms in total. The number of hydrogen-bond acceptors (Lipinski definition) is 3. The first-order chi connectivity index (χ1) is 6.86. The van der Waals surface area contributed by atoms with Crippen molar-refractivity contribution in [1.29, 1.82) is 0 Å². The zero-order valence-electron chi connectivity index (χ0n) is 7.91. The van der Waals surface area contributed by atoms with Crippen molar-refractivity contribution in [3.63, 3.8) is 0 Å². The fraction of sp³-hybridized carbons (Fsp3) is 0.125. The lowest BCUT2D eigenvalue weighted by atomic mass is 10.3. The summed E-state index contributed by atoms with van der Waals surface area (Å²) < 4.78 is 4.76. The molecule has 3 N–H and O–H groups in total. The maximum Gasteiger partial charge on any atom is 0.308 e. The lowest BCUT2D eigenvalue weighted by Crippen LogP contribution is -2.03. The molecule has 0 aliphatic heterocycles. The number of benzene rings is 1. The van der Waals surface area contributed by atoms with Crippen molar-refractivity contribution in [3.8, 4) is 5.75 Å². The molecule has 1 rings (SSSR count). The normalized spacial score (nSPS) is 9.62. The lowest BCUT2D eigenvalue weighted by molar-refractivity contribution is -0.131. The minimum Gasteiger partial charge on any atom is -0.423 e. The van der Waals surface area contributed by atoms with Gasteiger partial charge < -0.3 is 10.9 Å². The van der Waals surface area contributed by atoms with Crippen molar-refractivity contribution in [3.05, 3.63) is 25.1 Å². The van der Waals surface area contributed by atoms with Crippen LogP contribution in [0.5, 0.6) is 5.75 Å². The molecule has 0 saturated carbocycles. The van der Waals surface area contributed by atoms with Crippen LogP contribution in [0.4, 0.5) is 0 Å². The Hall–Kier alpha value is 0.1000. The van der Waals surface area contributed by atoms with E-state index in [-0.39, 0.29) is 37.0 Å². The molecule has 0 saturated heterocycles. The van der Waals surface area contributed by atoms with E-state index in [1.165, 1.54) is 6.92 Å². The van der Waals surface area contributed by atoms with Gasteiger partial charge in [0.2, 0.25) is 0 Å². The minimum atomic E-state index is -0.590. The van der Waals surface area contributed by atoms with E-state index in [0.29, 0.717) is 0 Å². The van der Waals surface area contributed by atoms with Crippen LogP contribution >= 0.6 is 58.0 Å². The summed E-state index contributed by atoms with van der Waals surface area (Å²) in [6.07, 6.45) is 0. The standard InChI is InChI=1S/C8H3Cl5O2.H3N/c1-2(14)15-8-6(12)4(10)3(9)5(11)7(8)13;/h1H3;1H3. The molecule has 0 spiro atoms. The summed E-state index contributed by atoms with van der Waals surface area (Å²) in [4.78, 5) is 10.8. The highest BCUT2D eigenvalue weighted by Gasteiger charge is 2.21. The molecule has 16 heavy (non-hydrogen) atoms. The number of halogens is 5. The summed E-state index contributed by atoms with van der Waals surface area (Å²) in [5.41, 5.74) is 0. The molecule has 0 radical (unpaired) electrons. The molecule has 0 aliphatic carbocycles. The molecule has 8 heteroatoms. The Morgan fingerprint density at radius 3 is 1.50 bits per heavy atom. The molecule has 0 aliphatic rings. The molecule has 0 unspecified atom stereocenters. The molecule has 1 aromatic rings. The van der Waals surface area contributed by atoms with Crippen LogP contribution in [0.2, 0.25) is 25.1 Å². The van der Waals surface area contributed by atoms with Crippen molar-refractivity contribution in [1.82, 2.24) is 6.15 Å². The third-order valence-corrected chi connectivity index (χ3v) is 3.66. The molecule has 0 aromatic heterocycles. The van der Waals surface area contributed by atoms with Gasteiger partial charge in [-0.15, -0.1) is 0 Å². The van der Waals surface area contributed by atoms with E-state index in [1.807, 2.05) is 0 Å². The Balaban J connectivity index is 0.00000225. The van der Waals surface area contributed by atoms with E-state index in [1.54, 1.807) is 0 Å². The van der Waals surface area contributed by atoms with Crippen molar-refractivity contribution >= 4 is 64.0 Å². The van der Waals surface area contributed by atoms with Crippen molar-refractivity contribution in [2.24, 2.45) is 0 Å². The van der Waals surface area contributed by atoms with E-state index >= 15 is 0 Å². The fourth-order valence-corrected chi connectivity index (χ4v) is 2.02. The SMILES string of the molecule is CC(=O)Oc1c(Cl)c(Cl)c(Cl)c(Cl)c1Cl.N. The van der Waals surface area contributed by atoms with Crippen LogP contribution in [-0.4, -0.2) is 5.97 Å². The van der Waals surface area contributed by atoms with E-state index < -0.39 is 5.97 Å². The summed E-state index contributed by atoms with van der Waals surface area (Å²) in [5.74, 6) is -0.682. The summed E-state index contributed by atoms with van der Waals surface area (Å²) in [7, 11) is 0. The van der Waals surface area contributed by atoms with Gasteiger partial charge in [-0.1, -0.05) is 58.0 Å². The third kappa shape index (κ3) is 3.06. The summed E-state index contributed by atoms with van der Waals surface area (Å²) in [5, 5.41) is -0.102. The maximum absolute atomic E-state index is 10.8. The average Bonchev–Trinajstić information content (AvgIpc) is 2.18. The number of esters is 1. The highest BCUT2D eigenvalue weighted by atomic mass is 35.5. The molecular weight excluding hydrogens is 319 g/mol. The van der Waals surface area contributed by atoms with Crippen molar-refractivity contribution in [2.75, 3.05) is 0 Å². The molecule has 0 atom stereocenters.